The smallest absolute Gasteiger partial charge is 0.341 e. The molecule has 10 nitrogen and oxygen atoms in total. The molecule has 2 aromatic rings. The van der Waals surface area contributed by atoms with Crippen molar-refractivity contribution in [1.82, 2.24) is 14.9 Å². The minimum Gasteiger partial charge on any atom is -0.477 e. The number of aromatic carboxylic acids is 1. The second kappa shape index (κ2) is 12.0. The first-order valence-corrected chi connectivity index (χ1v) is 11.3. The second-order valence-electron chi connectivity index (χ2n) is 8.81. The molecule has 0 bridgehead atoms. The van der Waals surface area contributed by atoms with E-state index in [9.17, 15) is 19.5 Å². The van der Waals surface area contributed by atoms with Gasteiger partial charge in [-0.25, -0.2) is 14.2 Å². The average Bonchev–Trinajstić information content (AvgIpc) is 3.52. The van der Waals surface area contributed by atoms with Gasteiger partial charge in [-0.1, -0.05) is 6.42 Å². The van der Waals surface area contributed by atoms with Gasteiger partial charge in [0.15, 0.2) is 11.6 Å². The van der Waals surface area contributed by atoms with Gasteiger partial charge in [0.05, 0.1) is 11.4 Å². The molecular weight excluding hydrogens is 502 g/mol. The van der Waals surface area contributed by atoms with Crippen LogP contribution in [0.5, 0.6) is 0 Å². The Morgan fingerprint density at radius 2 is 1.97 bits per heavy atom. The molecule has 1 aliphatic carbocycles. The highest BCUT2D eigenvalue weighted by atomic mass is 35.5. The van der Waals surface area contributed by atoms with Crippen LogP contribution in [0.15, 0.2) is 17.1 Å². The predicted octanol–water partition coefficient (Wildman–Crippen LogP) is 1.56. The third kappa shape index (κ3) is 6.21. The molecule has 1 saturated carbocycles. The van der Waals surface area contributed by atoms with Crippen LogP contribution >= 0.6 is 24.8 Å². The first-order valence-electron chi connectivity index (χ1n) is 11.3. The molecule has 6 N–H and O–H groups in total. The summed E-state index contributed by atoms with van der Waals surface area (Å²) in [6.45, 7) is 1.39. The highest BCUT2D eigenvalue weighted by Gasteiger charge is 2.31. The number of halogens is 3. The SMILES string of the molecule is Cl.Cl.NCCCCC(N)C(=O)NC1CCN(c2nc3c(cc2F)c(=O)c(C(=O)O)cn3C2CC2)C1. The lowest BCUT2D eigenvalue weighted by Crippen LogP contribution is -2.46. The number of amides is 1. The third-order valence-corrected chi connectivity index (χ3v) is 6.25. The topological polar surface area (TPSA) is 157 Å². The quantitative estimate of drug-likeness (QED) is 0.354. The first-order chi connectivity index (χ1) is 15.8. The van der Waals surface area contributed by atoms with E-state index in [1.165, 1.54) is 6.20 Å². The number of anilines is 1. The fraction of sp³-hybridized carbons (Fsp3) is 0.545. The normalized spacial score (nSPS) is 18.0. The van der Waals surface area contributed by atoms with Crippen molar-refractivity contribution in [2.24, 2.45) is 11.5 Å². The molecule has 0 radical (unpaired) electrons. The van der Waals surface area contributed by atoms with E-state index in [1.54, 1.807) is 9.47 Å². The van der Waals surface area contributed by atoms with E-state index in [0.717, 1.165) is 31.7 Å². The van der Waals surface area contributed by atoms with E-state index in [0.29, 0.717) is 32.5 Å². The number of hydrogen-bond donors (Lipinski definition) is 4. The molecule has 194 valence electrons. The van der Waals surface area contributed by atoms with Crippen molar-refractivity contribution in [2.75, 3.05) is 24.5 Å². The predicted molar refractivity (Wildman–Crippen MR) is 135 cm³/mol. The average molecular weight is 533 g/mol. The van der Waals surface area contributed by atoms with Gasteiger partial charge >= 0.3 is 5.97 Å². The zero-order chi connectivity index (χ0) is 23.7. The number of carbonyl (C=O) groups is 2. The van der Waals surface area contributed by atoms with E-state index >= 15 is 4.39 Å². The molecule has 1 aliphatic heterocycles. The molecule has 2 aliphatic rings. The Morgan fingerprint density at radius 3 is 2.60 bits per heavy atom. The molecule has 2 atom stereocenters. The van der Waals surface area contributed by atoms with Crippen LogP contribution in [-0.4, -0.2) is 58.3 Å². The molecule has 1 amide bonds. The van der Waals surface area contributed by atoms with Gasteiger partial charge in [-0.2, -0.15) is 0 Å². The van der Waals surface area contributed by atoms with Crippen LogP contribution in [0.3, 0.4) is 0 Å². The summed E-state index contributed by atoms with van der Waals surface area (Å²) >= 11 is 0. The number of hydrogen-bond acceptors (Lipinski definition) is 7. The molecule has 4 rings (SSSR count). The number of carbonyl (C=O) groups excluding carboxylic acids is 1. The Bertz CT molecular complexity index is 1140. The van der Waals surface area contributed by atoms with E-state index in [4.69, 9.17) is 11.5 Å². The molecule has 2 unspecified atom stereocenters. The van der Waals surface area contributed by atoms with Crippen LogP contribution in [0.1, 0.15) is 54.9 Å². The summed E-state index contributed by atoms with van der Waals surface area (Å²) in [7, 11) is 0. The summed E-state index contributed by atoms with van der Waals surface area (Å²) in [4.78, 5) is 42.6. The van der Waals surface area contributed by atoms with Crippen LogP contribution in [0.25, 0.3) is 11.0 Å². The van der Waals surface area contributed by atoms with E-state index in [-0.39, 0.29) is 59.7 Å². The lowest BCUT2D eigenvalue weighted by Gasteiger charge is -2.21. The van der Waals surface area contributed by atoms with Gasteiger partial charge in [0, 0.05) is 31.4 Å². The maximum absolute atomic E-state index is 15.0. The lowest BCUT2D eigenvalue weighted by molar-refractivity contribution is -0.123. The van der Waals surface area contributed by atoms with Crippen LogP contribution < -0.4 is 27.1 Å². The van der Waals surface area contributed by atoms with Gasteiger partial charge in [0.1, 0.15) is 11.2 Å². The summed E-state index contributed by atoms with van der Waals surface area (Å²) in [5.41, 5.74) is 10.6. The number of pyridine rings is 2. The van der Waals surface area contributed by atoms with Crippen LogP contribution in [0.4, 0.5) is 10.2 Å². The largest absolute Gasteiger partial charge is 0.477 e. The minimum atomic E-state index is -1.35. The summed E-state index contributed by atoms with van der Waals surface area (Å²) < 4.78 is 16.7. The Labute approximate surface area is 214 Å². The number of fused-ring (bicyclic) bond motifs is 1. The van der Waals surface area contributed by atoms with Gasteiger partial charge in [-0.3, -0.25) is 9.59 Å². The van der Waals surface area contributed by atoms with E-state index < -0.39 is 28.8 Å². The van der Waals surface area contributed by atoms with Crippen molar-refractivity contribution in [1.29, 1.82) is 0 Å². The molecule has 0 spiro atoms. The molecule has 2 fully saturated rings. The van der Waals surface area contributed by atoms with Gasteiger partial charge in [0.25, 0.3) is 0 Å². The van der Waals surface area contributed by atoms with Gasteiger partial charge in [0.2, 0.25) is 11.3 Å². The summed E-state index contributed by atoms with van der Waals surface area (Å²) in [6.07, 6.45) is 5.73. The number of unbranched alkanes of at least 4 members (excludes halogenated alkanes) is 1. The molecule has 0 aromatic carbocycles. The van der Waals surface area contributed by atoms with Crippen molar-refractivity contribution in [3.05, 3.63) is 33.9 Å². The summed E-state index contributed by atoms with van der Waals surface area (Å²) in [5.74, 6) is -2.20. The highest BCUT2D eigenvalue weighted by Crippen LogP contribution is 2.37. The van der Waals surface area contributed by atoms with Crippen molar-refractivity contribution in [3.63, 3.8) is 0 Å². The molecule has 13 heteroatoms. The Kier molecular flexibility index (Phi) is 9.85. The monoisotopic (exact) mass is 532 g/mol. The standard InChI is InChI=1S/C22H29FN6O4.2ClH/c23-16-9-14-18(30)15(22(32)33)11-29(13-4-5-13)19(14)27-20(16)28-8-6-12(10-28)26-21(31)17(25)3-1-2-7-24;;/h9,11-13,17H,1-8,10,24-25H2,(H,26,31)(H,32,33);2*1H. The lowest BCUT2D eigenvalue weighted by atomic mass is 10.1. The van der Waals surface area contributed by atoms with Crippen LogP contribution in [-0.2, 0) is 4.79 Å². The second-order valence-corrected chi connectivity index (χ2v) is 8.81. The molecule has 3 heterocycles. The van der Waals surface area contributed by atoms with Gasteiger partial charge in [-0.05, 0) is 44.7 Å². The molecule has 2 aromatic heterocycles. The number of carboxylic acids is 1. The van der Waals surface area contributed by atoms with Gasteiger partial charge < -0.3 is 31.4 Å². The number of nitrogens with two attached hydrogens (primary N) is 2. The highest BCUT2D eigenvalue weighted by molar-refractivity contribution is 5.92. The molecular formula is C22H31Cl2FN6O4. The molecule has 35 heavy (non-hydrogen) atoms. The van der Waals surface area contributed by atoms with Crippen LogP contribution in [0, 0.1) is 5.82 Å². The Hall–Kier alpha value is -2.47. The van der Waals surface area contributed by atoms with Gasteiger partial charge in [-0.15, -0.1) is 24.8 Å². The Morgan fingerprint density at radius 1 is 1.26 bits per heavy atom. The van der Waals surface area contributed by atoms with Crippen molar-refractivity contribution >= 4 is 53.5 Å². The zero-order valence-electron chi connectivity index (χ0n) is 19.1. The number of aromatic nitrogens is 2. The summed E-state index contributed by atoms with van der Waals surface area (Å²) in [5, 5.41) is 12.2. The zero-order valence-corrected chi connectivity index (χ0v) is 20.7. The van der Waals surface area contributed by atoms with Crippen molar-refractivity contribution in [2.45, 2.75) is 56.7 Å². The number of nitrogens with zero attached hydrogens (tertiary/aromatic N) is 3. The maximum atomic E-state index is 15.0. The fourth-order valence-corrected chi connectivity index (χ4v) is 4.26. The Balaban J connectivity index is 0.00000216. The van der Waals surface area contributed by atoms with Crippen molar-refractivity contribution < 1.29 is 19.1 Å². The first kappa shape index (κ1) is 28.8. The van der Waals surface area contributed by atoms with Crippen molar-refractivity contribution in [3.8, 4) is 0 Å². The number of nitrogens with one attached hydrogen (secondary N) is 1. The fourth-order valence-electron chi connectivity index (χ4n) is 4.26. The number of rotatable bonds is 9. The minimum absolute atomic E-state index is 0. The van der Waals surface area contributed by atoms with E-state index in [1.807, 2.05) is 0 Å². The number of carboxylic acid groups (broad SMARTS) is 1. The third-order valence-electron chi connectivity index (χ3n) is 6.25. The maximum Gasteiger partial charge on any atom is 0.341 e. The summed E-state index contributed by atoms with van der Waals surface area (Å²) in [6, 6.07) is 0.306. The van der Waals surface area contributed by atoms with E-state index in [2.05, 4.69) is 10.3 Å². The van der Waals surface area contributed by atoms with Crippen LogP contribution in [0.2, 0.25) is 0 Å². The molecule has 1 saturated heterocycles.